The van der Waals surface area contributed by atoms with Crippen LogP contribution in [-0.2, 0) is 17.5 Å². The van der Waals surface area contributed by atoms with Crippen LogP contribution in [0, 0.1) is 0 Å². The number of rotatable bonds is 6. The zero-order valence-electron chi connectivity index (χ0n) is 16.5. The van der Waals surface area contributed by atoms with Crippen LogP contribution in [0.25, 0.3) is 0 Å². The first-order valence-electron chi connectivity index (χ1n) is 9.49. The third-order valence-corrected chi connectivity index (χ3v) is 5.27. The highest BCUT2D eigenvalue weighted by molar-refractivity contribution is 6.33. The zero-order valence-corrected chi connectivity index (χ0v) is 17.3. The van der Waals surface area contributed by atoms with Gasteiger partial charge < -0.3 is 10.1 Å². The third kappa shape index (κ3) is 6.10. The van der Waals surface area contributed by atoms with Crippen molar-refractivity contribution in [3.05, 3.63) is 58.6 Å². The molecular formula is C21H23ClF3N3O2. The molecule has 0 bridgehead atoms. The minimum atomic E-state index is -4.50. The molecule has 0 aromatic heterocycles. The largest absolute Gasteiger partial charge is 0.497 e. The lowest BCUT2D eigenvalue weighted by Crippen LogP contribution is -2.48. The standard InChI is InChI=1S/C21H23ClF3N3O2/c1-30-17-4-2-3-15(11-17)13-27-7-9-28(10-8-27)14-20(29)26-19-12-16(21(23,24)25)5-6-18(19)22/h2-6,11-12H,7-10,13-14H2,1H3,(H,26,29). The summed E-state index contributed by atoms with van der Waals surface area (Å²) >= 11 is 5.94. The number of halogens is 4. The highest BCUT2D eigenvalue weighted by Crippen LogP contribution is 2.33. The summed E-state index contributed by atoms with van der Waals surface area (Å²) in [6.45, 7) is 3.84. The van der Waals surface area contributed by atoms with Crippen molar-refractivity contribution in [2.75, 3.05) is 45.2 Å². The molecule has 0 radical (unpaired) electrons. The number of ether oxygens (including phenoxy) is 1. The van der Waals surface area contributed by atoms with E-state index in [0.29, 0.717) is 13.1 Å². The molecule has 5 nitrogen and oxygen atoms in total. The van der Waals surface area contributed by atoms with Gasteiger partial charge in [0.1, 0.15) is 5.75 Å². The van der Waals surface area contributed by atoms with Crippen LogP contribution in [0.3, 0.4) is 0 Å². The molecule has 0 spiro atoms. The quantitative estimate of drug-likeness (QED) is 0.732. The maximum atomic E-state index is 12.9. The Balaban J connectivity index is 1.50. The van der Waals surface area contributed by atoms with E-state index in [1.165, 1.54) is 0 Å². The van der Waals surface area contributed by atoms with Crippen molar-refractivity contribution in [2.24, 2.45) is 0 Å². The number of amides is 1. The molecule has 1 amide bonds. The van der Waals surface area contributed by atoms with Crippen molar-refractivity contribution < 1.29 is 22.7 Å². The lowest BCUT2D eigenvalue weighted by Gasteiger charge is -2.34. The smallest absolute Gasteiger partial charge is 0.416 e. The maximum absolute atomic E-state index is 12.9. The van der Waals surface area contributed by atoms with Gasteiger partial charge in [0, 0.05) is 32.7 Å². The molecule has 9 heteroatoms. The lowest BCUT2D eigenvalue weighted by molar-refractivity contribution is -0.137. The Hall–Kier alpha value is -2.29. The molecule has 30 heavy (non-hydrogen) atoms. The molecule has 2 aromatic rings. The molecule has 1 aliphatic heterocycles. The van der Waals surface area contributed by atoms with E-state index in [2.05, 4.69) is 10.2 Å². The summed E-state index contributed by atoms with van der Waals surface area (Å²) in [6, 6.07) is 10.8. The number of methoxy groups -OCH3 is 1. The van der Waals surface area contributed by atoms with E-state index in [-0.39, 0.29) is 17.3 Å². The third-order valence-electron chi connectivity index (χ3n) is 4.94. The second-order valence-electron chi connectivity index (χ2n) is 7.14. The van der Waals surface area contributed by atoms with Gasteiger partial charge >= 0.3 is 6.18 Å². The van der Waals surface area contributed by atoms with Crippen molar-refractivity contribution in [2.45, 2.75) is 12.7 Å². The summed E-state index contributed by atoms with van der Waals surface area (Å²) in [5, 5.41) is 2.56. The minimum Gasteiger partial charge on any atom is -0.497 e. The van der Waals surface area contributed by atoms with Gasteiger partial charge in [-0.15, -0.1) is 0 Å². The average molecular weight is 442 g/mol. The number of nitrogens with zero attached hydrogens (tertiary/aromatic N) is 2. The fraction of sp³-hybridized carbons (Fsp3) is 0.381. The van der Waals surface area contributed by atoms with Crippen LogP contribution in [0.15, 0.2) is 42.5 Å². The van der Waals surface area contributed by atoms with Gasteiger partial charge in [0.05, 0.1) is 29.9 Å². The number of benzene rings is 2. The summed E-state index contributed by atoms with van der Waals surface area (Å²) in [5.41, 5.74) is 0.265. The first-order valence-corrected chi connectivity index (χ1v) is 9.86. The number of nitrogens with one attached hydrogen (secondary N) is 1. The summed E-state index contributed by atoms with van der Waals surface area (Å²) in [4.78, 5) is 16.6. The Kier molecular flexibility index (Phi) is 7.23. The number of carbonyl (C=O) groups excluding carboxylic acids is 1. The Morgan fingerprint density at radius 1 is 1.10 bits per heavy atom. The van der Waals surface area contributed by atoms with Crippen molar-refractivity contribution in [3.63, 3.8) is 0 Å². The Morgan fingerprint density at radius 3 is 2.47 bits per heavy atom. The molecule has 3 rings (SSSR count). The summed E-state index contributed by atoms with van der Waals surface area (Å²) in [5.74, 6) is 0.425. The predicted molar refractivity (Wildman–Crippen MR) is 110 cm³/mol. The first kappa shape index (κ1) is 22.4. The molecule has 2 aromatic carbocycles. The second kappa shape index (κ2) is 9.68. The van der Waals surface area contributed by atoms with Gasteiger partial charge in [0.2, 0.25) is 5.91 Å². The number of piperazine rings is 1. The number of anilines is 1. The SMILES string of the molecule is COc1cccc(CN2CCN(CC(=O)Nc3cc(C(F)(F)F)ccc3Cl)CC2)c1. The normalized spacial score (nSPS) is 15.8. The van der Waals surface area contributed by atoms with E-state index >= 15 is 0 Å². The lowest BCUT2D eigenvalue weighted by atomic mass is 10.2. The zero-order chi connectivity index (χ0) is 21.7. The van der Waals surface area contributed by atoms with Gasteiger partial charge in [-0.3, -0.25) is 14.6 Å². The van der Waals surface area contributed by atoms with Crippen molar-refractivity contribution in [3.8, 4) is 5.75 Å². The van der Waals surface area contributed by atoms with Crippen LogP contribution in [0.5, 0.6) is 5.75 Å². The van der Waals surface area contributed by atoms with Crippen molar-refractivity contribution in [1.82, 2.24) is 9.80 Å². The highest BCUT2D eigenvalue weighted by atomic mass is 35.5. The number of hydrogen-bond acceptors (Lipinski definition) is 4. The number of alkyl halides is 3. The molecule has 1 aliphatic rings. The Bertz CT molecular complexity index is 884. The van der Waals surface area contributed by atoms with E-state index in [9.17, 15) is 18.0 Å². The highest BCUT2D eigenvalue weighted by Gasteiger charge is 2.31. The van der Waals surface area contributed by atoms with E-state index in [4.69, 9.17) is 16.3 Å². The number of hydrogen-bond donors (Lipinski definition) is 1. The van der Waals surface area contributed by atoms with Crippen LogP contribution in [-0.4, -0.2) is 55.5 Å². The van der Waals surface area contributed by atoms with Gasteiger partial charge in [-0.1, -0.05) is 23.7 Å². The fourth-order valence-electron chi connectivity index (χ4n) is 3.32. The maximum Gasteiger partial charge on any atom is 0.416 e. The van der Waals surface area contributed by atoms with Crippen LogP contribution in [0.1, 0.15) is 11.1 Å². The van der Waals surface area contributed by atoms with Gasteiger partial charge in [-0.05, 0) is 35.9 Å². The van der Waals surface area contributed by atoms with Crippen LogP contribution in [0.2, 0.25) is 5.02 Å². The summed E-state index contributed by atoms with van der Waals surface area (Å²) in [6.07, 6.45) is -4.50. The molecular weight excluding hydrogens is 419 g/mol. The molecule has 0 aliphatic carbocycles. The minimum absolute atomic E-state index is 0.0341. The molecule has 1 heterocycles. The van der Waals surface area contributed by atoms with Gasteiger partial charge in [-0.25, -0.2) is 0 Å². The van der Waals surface area contributed by atoms with E-state index in [1.807, 2.05) is 29.2 Å². The second-order valence-corrected chi connectivity index (χ2v) is 7.55. The summed E-state index contributed by atoms with van der Waals surface area (Å²) < 4.78 is 43.9. The molecule has 1 saturated heterocycles. The molecule has 0 atom stereocenters. The molecule has 0 saturated carbocycles. The van der Waals surface area contributed by atoms with Crippen LogP contribution < -0.4 is 10.1 Å². The van der Waals surface area contributed by atoms with Gasteiger partial charge in [-0.2, -0.15) is 13.2 Å². The van der Waals surface area contributed by atoms with E-state index in [0.717, 1.165) is 49.1 Å². The van der Waals surface area contributed by atoms with E-state index in [1.54, 1.807) is 7.11 Å². The van der Waals surface area contributed by atoms with Crippen molar-refractivity contribution >= 4 is 23.2 Å². The Morgan fingerprint density at radius 2 is 1.80 bits per heavy atom. The molecule has 0 unspecified atom stereocenters. The van der Waals surface area contributed by atoms with E-state index < -0.39 is 17.6 Å². The van der Waals surface area contributed by atoms with Crippen LogP contribution >= 0.6 is 11.6 Å². The fourth-order valence-corrected chi connectivity index (χ4v) is 3.49. The topological polar surface area (TPSA) is 44.8 Å². The monoisotopic (exact) mass is 441 g/mol. The molecule has 1 fully saturated rings. The predicted octanol–water partition coefficient (Wildman–Crippen LogP) is 4.12. The summed E-state index contributed by atoms with van der Waals surface area (Å²) in [7, 11) is 1.63. The molecule has 1 N–H and O–H groups in total. The van der Waals surface area contributed by atoms with Gasteiger partial charge in [0.15, 0.2) is 0 Å². The van der Waals surface area contributed by atoms with Crippen molar-refractivity contribution in [1.29, 1.82) is 0 Å². The van der Waals surface area contributed by atoms with Crippen LogP contribution in [0.4, 0.5) is 18.9 Å². The Labute approximate surface area is 178 Å². The first-order chi connectivity index (χ1) is 14.2. The average Bonchev–Trinajstić information content (AvgIpc) is 2.70. The molecule has 162 valence electrons. The van der Waals surface area contributed by atoms with Gasteiger partial charge in [0.25, 0.3) is 0 Å². The number of carbonyl (C=O) groups is 1.